The van der Waals surface area contributed by atoms with Gasteiger partial charge in [0.15, 0.2) is 0 Å². The molecular formula is C18H29N3S9. The van der Waals surface area contributed by atoms with Crippen LogP contribution in [0.5, 0.6) is 0 Å². The SMILES string of the molecule is S=C(SSCC(CSSC(=S)N1CCCC1)SSC(=S)N1CCCC1)N1CCCC1. The maximum absolute atomic E-state index is 5.67. The Bertz CT molecular complexity index is 539. The quantitative estimate of drug-likeness (QED) is 0.227. The molecule has 0 unspecified atom stereocenters. The Labute approximate surface area is 221 Å². The first kappa shape index (κ1) is 26.4. The van der Waals surface area contributed by atoms with E-state index in [4.69, 9.17) is 36.7 Å². The Morgan fingerprint density at radius 3 is 1.27 bits per heavy atom. The second-order valence-corrected chi connectivity index (χ2v) is 16.5. The van der Waals surface area contributed by atoms with E-state index in [1.165, 1.54) is 38.5 Å². The van der Waals surface area contributed by atoms with E-state index < -0.39 is 0 Å². The number of hydrogen-bond donors (Lipinski definition) is 0. The maximum atomic E-state index is 5.67. The van der Waals surface area contributed by atoms with E-state index >= 15 is 0 Å². The van der Waals surface area contributed by atoms with Crippen LogP contribution in [0, 0.1) is 0 Å². The third-order valence-corrected chi connectivity index (χ3v) is 15.3. The van der Waals surface area contributed by atoms with Crippen molar-refractivity contribution >= 4 is 114 Å². The Hall–Kier alpha value is 1.77. The molecule has 3 saturated heterocycles. The van der Waals surface area contributed by atoms with Crippen molar-refractivity contribution in [2.24, 2.45) is 0 Å². The van der Waals surface area contributed by atoms with E-state index in [-0.39, 0.29) is 0 Å². The summed E-state index contributed by atoms with van der Waals surface area (Å²) in [4.78, 5) is 7.07. The molecule has 0 amide bonds. The van der Waals surface area contributed by atoms with Gasteiger partial charge in [-0.1, -0.05) is 69.0 Å². The molecule has 0 N–H and O–H groups in total. The maximum Gasteiger partial charge on any atom is 0.147 e. The Morgan fingerprint density at radius 2 is 0.900 bits per heavy atom. The lowest BCUT2D eigenvalue weighted by Crippen LogP contribution is -2.23. The molecule has 0 bridgehead atoms. The van der Waals surface area contributed by atoms with E-state index in [0.29, 0.717) is 5.25 Å². The van der Waals surface area contributed by atoms with Gasteiger partial charge in [-0.05, 0) is 70.9 Å². The molecule has 0 saturated carbocycles. The van der Waals surface area contributed by atoms with Crippen LogP contribution in [0.25, 0.3) is 0 Å². The summed E-state index contributed by atoms with van der Waals surface area (Å²) in [5, 5.41) is 0.522. The zero-order valence-corrected chi connectivity index (χ0v) is 24.3. The molecule has 0 radical (unpaired) electrons. The molecule has 0 aromatic carbocycles. The summed E-state index contributed by atoms with van der Waals surface area (Å²) >= 11 is 16.9. The minimum Gasteiger partial charge on any atom is -0.357 e. The summed E-state index contributed by atoms with van der Waals surface area (Å²) in [6.07, 6.45) is 7.65. The number of likely N-dealkylation sites (tertiary alicyclic amines) is 3. The minimum atomic E-state index is 0.522. The van der Waals surface area contributed by atoms with Crippen LogP contribution in [0.2, 0.25) is 0 Å². The van der Waals surface area contributed by atoms with Gasteiger partial charge in [0, 0.05) is 56.0 Å². The van der Waals surface area contributed by atoms with Crippen LogP contribution in [0.1, 0.15) is 38.5 Å². The molecule has 170 valence electrons. The Balaban J connectivity index is 1.39. The van der Waals surface area contributed by atoms with E-state index in [9.17, 15) is 0 Å². The van der Waals surface area contributed by atoms with Gasteiger partial charge in [-0.3, -0.25) is 0 Å². The summed E-state index contributed by atoms with van der Waals surface area (Å²) in [6.45, 7) is 6.77. The highest BCUT2D eigenvalue weighted by Crippen LogP contribution is 2.39. The molecule has 3 nitrogen and oxygen atoms in total. The van der Waals surface area contributed by atoms with E-state index in [2.05, 4.69) is 14.7 Å². The first-order valence-electron chi connectivity index (χ1n) is 10.4. The molecule has 0 aromatic heterocycles. The fourth-order valence-corrected chi connectivity index (χ4v) is 13.2. The third kappa shape index (κ3) is 9.19. The summed E-state index contributed by atoms with van der Waals surface area (Å²) in [6, 6.07) is 0. The fourth-order valence-electron chi connectivity index (χ4n) is 3.39. The molecule has 0 aromatic rings. The van der Waals surface area contributed by atoms with Gasteiger partial charge in [-0.15, -0.1) is 0 Å². The lowest BCUT2D eigenvalue weighted by molar-refractivity contribution is 0.539. The average Bonchev–Trinajstić information content (AvgIpc) is 3.53. The number of hydrogen-bond acceptors (Lipinski definition) is 9. The molecule has 12 heteroatoms. The Kier molecular flexibility index (Phi) is 13.1. The molecule has 3 fully saturated rings. The highest BCUT2D eigenvalue weighted by Gasteiger charge is 2.21. The molecule has 0 atom stereocenters. The lowest BCUT2D eigenvalue weighted by Gasteiger charge is -2.21. The van der Waals surface area contributed by atoms with Gasteiger partial charge in [0.05, 0.1) is 0 Å². The van der Waals surface area contributed by atoms with Crippen LogP contribution in [-0.4, -0.2) is 83.7 Å². The van der Waals surface area contributed by atoms with Crippen molar-refractivity contribution in [2.75, 3.05) is 50.8 Å². The average molecular weight is 576 g/mol. The van der Waals surface area contributed by atoms with Gasteiger partial charge < -0.3 is 14.7 Å². The van der Waals surface area contributed by atoms with Gasteiger partial charge >= 0.3 is 0 Å². The first-order valence-corrected chi connectivity index (χ1v) is 18.5. The molecule has 30 heavy (non-hydrogen) atoms. The van der Waals surface area contributed by atoms with Crippen LogP contribution in [0.3, 0.4) is 0 Å². The summed E-state index contributed by atoms with van der Waals surface area (Å²) in [5.74, 6) is 2.14. The summed E-state index contributed by atoms with van der Waals surface area (Å²) < 4.78 is 3.16. The zero-order valence-electron chi connectivity index (χ0n) is 17.0. The predicted octanol–water partition coefficient (Wildman–Crippen LogP) is 6.64. The van der Waals surface area contributed by atoms with Crippen LogP contribution in [-0.2, 0) is 0 Å². The van der Waals surface area contributed by atoms with Gasteiger partial charge in [0.1, 0.15) is 13.0 Å². The second kappa shape index (κ2) is 14.9. The van der Waals surface area contributed by atoms with Crippen molar-refractivity contribution in [1.29, 1.82) is 0 Å². The first-order chi connectivity index (χ1) is 14.6. The van der Waals surface area contributed by atoms with Crippen molar-refractivity contribution in [2.45, 2.75) is 43.8 Å². The zero-order chi connectivity index (χ0) is 21.2. The van der Waals surface area contributed by atoms with Crippen LogP contribution < -0.4 is 0 Å². The molecule has 0 aliphatic carbocycles. The largest absolute Gasteiger partial charge is 0.357 e. The van der Waals surface area contributed by atoms with Crippen molar-refractivity contribution < 1.29 is 0 Å². The summed E-state index contributed by atoms with van der Waals surface area (Å²) in [7, 11) is 11.1. The highest BCUT2D eigenvalue weighted by molar-refractivity contribution is 8.86. The van der Waals surface area contributed by atoms with E-state index in [1.54, 1.807) is 32.4 Å². The fraction of sp³-hybridized carbons (Fsp3) is 0.833. The Morgan fingerprint density at radius 1 is 0.567 bits per heavy atom. The van der Waals surface area contributed by atoms with Crippen molar-refractivity contribution in [3.63, 3.8) is 0 Å². The molecular weight excluding hydrogens is 547 g/mol. The molecule has 3 aliphatic heterocycles. The van der Waals surface area contributed by atoms with Crippen molar-refractivity contribution in [3.05, 3.63) is 0 Å². The molecule has 3 heterocycles. The van der Waals surface area contributed by atoms with Gasteiger partial charge in [0.25, 0.3) is 0 Å². The standard InChI is InChI=1S/C18H29N3S9/c22-16(19-7-1-2-8-19)28-25-13-15(27-30-18(24)21-11-5-6-12-21)14-26-29-17(23)20-9-3-4-10-20/h15H,1-14H2. The smallest absolute Gasteiger partial charge is 0.147 e. The third-order valence-electron chi connectivity index (χ3n) is 5.12. The van der Waals surface area contributed by atoms with Crippen LogP contribution in [0.15, 0.2) is 0 Å². The molecule has 3 rings (SSSR count). The van der Waals surface area contributed by atoms with Crippen molar-refractivity contribution in [1.82, 2.24) is 14.7 Å². The van der Waals surface area contributed by atoms with Gasteiger partial charge in [-0.25, -0.2) is 0 Å². The number of rotatable bonds is 8. The topological polar surface area (TPSA) is 9.72 Å². The van der Waals surface area contributed by atoms with Crippen molar-refractivity contribution in [3.8, 4) is 0 Å². The number of nitrogens with zero attached hydrogens (tertiary/aromatic N) is 3. The van der Waals surface area contributed by atoms with Crippen LogP contribution >= 0.6 is 101 Å². The predicted molar refractivity (Wildman–Crippen MR) is 159 cm³/mol. The summed E-state index contributed by atoms with van der Waals surface area (Å²) in [5.41, 5.74) is 0. The van der Waals surface area contributed by atoms with Gasteiger partial charge in [0.2, 0.25) is 0 Å². The van der Waals surface area contributed by atoms with E-state index in [1.807, 2.05) is 32.4 Å². The van der Waals surface area contributed by atoms with Gasteiger partial charge in [-0.2, -0.15) is 0 Å². The minimum absolute atomic E-state index is 0.522. The normalized spacial score (nSPS) is 19.3. The van der Waals surface area contributed by atoms with E-state index in [0.717, 1.165) is 63.7 Å². The highest BCUT2D eigenvalue weighted by atomic mass is 33.1. The lowest BCUT2D eigenvalue weighted by atomic mass is 10.4. The van der Waals surface area contributed by atoms with Crippen LogP contribution in [0.4, 0.5) is 0 Å². The molecule has 3 aliphatic rings. The monoisotopic (exact) mass is 575 g/mol. The number of thiocarbonyl (C=S) groups is 3. The second-order valence-electron chi connectivity index (χ2n) is 7.42. The molecule has 0 spiro atoms.